The number of aryl methyl sites for hydroxylation is 2. The molecule has 0 atom stereocenters. The fraction of sp³-hybridized carbons (Fsp3) is 0.118. The Morgan fingerprint density at radius 2 is 1.82 bits per heavy atom. The third-order valence-corrected chi connectivity index (χ3v) is 4.27. The summed E-state index contributed by atoms with van der Waals surface area (Å²) in [5.74, 6) is -0.102. The lowest BCUT2D eigenvalue weighted by Gasteiger charge is -2.07. The molecule has 3 aromatic rings. The lowest BCUT2D eigenvalue weighted by atomic mass is 10.1. The predicted octanol–water partition coefficient (Wildman–Crippen LogP) is 4.07. The molecule has 0 aliphatic rings. The van der Waals surface area contributed by atoms with E-state index in [4.69, 9.17) is 0 Å². The number of hydrogen-bond donors (Lipinski definition) is 1. The van der Waals surface area contributed by atoms with E-state index in [1.54, 1.807) is 6.20 Å². The van der Waals surface area contributed by atoms with Crippen LogP contribution in [0.15, 0.2) is 48.7 Å². The van der Waals surface area contributed by atoms with E-state index in [1.165, 1.54) is 17.1 Å². The number of rotatable bonds is 3. The first-order valence-electron chi connectivity index (χ1n) is 6.90. The summed E-state index contributed by atoms with van der Waals surface area (Å²) in [6.07, 6.45) is 1.73. The smallest absolute Gasteiger partial charge is 0.255 e. The van der Waals surface area contributed by atoms with Gasteiger partial charge in [0.2, 0.25) is 0 Å². The van der Waals surface area contributed by atoms with E-state index in [1.807, 2.05) is 56.3 Å². The fourth-order valence-electron chi connectivity index (χ4n) is 2.10. The topological polar surface area (TPSA) is 54.9 Å². The second kappa shape index (κ2) is 6.07. The van der Waals surface area contributed by atoms with Crippen LogP contribution >= 0.6 is 11.5 Å². The van der Waals surface area contributed by atoms with Gasteiger partial charge in [-0.15, -0.1) is 5.10 Å². The predicted molar refractivity (Wildman–Crippen MR) is 89.2 cm³/mol. The minimum absolute atomic E-state index is 0.102. The molecule has 0 saturated heterocycles. The van der Waals surface area contributed by atoms with Gasteiger partial charge in [-0.1, -0.05) is 22.7 Å². The molecule has 110 valence electrons. The molecule has 2 aromatic carbocycles. The molecule has 22 heavy (non-hydrogen) atoms. The summed E-state index contributed by atoms with van der Waals surface area (Å²) in [6.45, 7) is 4.04. The normalized spacial score (nSPS) is 10.5. The summed E-state index contributed by atoms with van der Waals surface area (Å²) in [7, 11) is 0. The number of carbonyl (C=O) groups excluding carboxylic acids is 1. The molecular weight excluding hydrogens is 294 g/mol. The van der Waals surface area contributed by atoms with Gasteiger partial charge in [-0.3, -0.25) is 4.79 Å². The number of benzene rings is 2. The zero-order chi connectivity index (χ0) is 15.5. The summed E-state index contributed by atoms with van der Waals surface area (Å²) in [5.41, 5.74) is 4.77. The third kappa shape index (κ3) is 3.04. The molecular formula is C17H15N3OS. The zero-order valence-electron chi connectivity index (χ0n) is 12.3. The third-order valence-electron chi connectivity index (χ3n) is 3.56. The maximum Gasteiger partial charge on any atom is 0.255 e. The molecule has 0 radical (unpaired) electrons. The molecule has 1 aromatic heterocycles. The van der Waals surface area contributed by atoms with Crippen molar-refractivity contribution in [3.05, 3.63) is 65.4 Å². The van der Waals surface area contributed by atoms with Crippen molar-refractivity contribution in [2.24, 2.45) is 0 Å². The zero-order valence-corrected chi connectivity index (χ0v) is 13.1. The van der Waals surface area contributed by atoms with Crippen LogP contribution in [0.1, 0.15) is 21.5 Å². The van der Waals surface area contributed by atoms with E-state index < -0.39 is 0 Å². The monoisotopic (exact) mass is 309 g/mol. The molecule has 0 bridgehead atoms. The van der Waals surface area contributed by atoms with E-state index in [0.717, 1.165) is 21.7 Å². The van der Waals surface area contributed by atoms with Crippen LogP contribution < -0.4 is 5.32 Å². The number of carbonyl (C=O) groups is 1. The lowest BCUT2D eigenvalue weighted by molar-refractivity contribution is 0.102. The molecule has 5 heteroatoms. The molecule has 1 heterocycles. The Kier molecular flexibility index (Phi) is 3.98. The van der Waals surface area contributed by atoms with Gasteiger partial charge >= 0.3 is 0 Å². The van der Waals surface area contributed by atoms with Crippen molar-refractivity contribution < 1.29 is 4.79 Å². The van der Waals surface area contributed by atoms with Crippen molar-refractivity contribution in [1.29, 1.82) is 0 Å². The van der Waals surface area contributed by atoms with Crippen LogP contribution in [0, 0.1) is 13.8 Å². The number of amides is 1. The standard InChI is InChI=1S/C17H15N3OS/c1-11-3-4-14(9-12(11)2)17(21)19-15-7-5-13(6-8-15)16-10-18-20-22-16/h3-10H,1-2H3,(H,19,21). The fourth-order valence-corrected chi connectivity index (χ4v) is 2.62. The number of hydrogen-bond acceptors (Lipinski definition) is 4. The first kappa shape index (κ1) is 14.4. The largest absolute Gasteiger partial charge is 0.322 e. The molecule has 0 aliphatic heterocycles. The summed E-state index contributed by atoms with van der Waals surface area (Å²) >= 11 is 1.35. The molecule has 0 saturated carbocycles. The van der Waals surface area contributed by atoms with E-state index in [9.17, 15) is 4.79 Å². The maximum absolute atomic E-state index is 12.3. The molecule has 0 aliphatic carbocycles. The van der Waals surface area contributed by atoms with Gasteiger partial charge < -0.3 is 5.32 Å². The Balaban J connectivity index is 1.75. The van der Waals surface area contributed by atoms with E-state index in [2.05, 4.69) is 14.9 Å². The van der Waals surface area contributed by atoms with Crippen molar-refractivity contribution in [2.45, 2.75) is 13.8 Å². The van der Waals surface area contributed by atoms with Gasteiger partial charge in [0.1, 0.15) is 0 Å². The number of nitrogens with one attached hydrogen (secondary N) is 1. The molecule has 0 spiro atoms. The van der Waals surface area contributed by atoms with Crippen molar-refractivity contribution in [3.63, 3.8) is 0 Å². The molecule has 4 nitrogen and oxygen atoms in total. The molecule has 0 fully saturated rings. The molecule has 3 rings (SSSR count). The highest BCUT2D eigenvalue weighted by Gasteiger charge is 2.07. The highest BCUT2D eigenvalue weighted by molar-refractivity contribution is 7.09. The lowest BCUT2D eigenvalue weighted by Crippen LogP contribution is -2.12. The van der Waals surface area contributed by atoms with Crippen molar-refractivity contribution in [2.75, 3.05) is 5.32 Å². The number of anilines is 1. The van der Waals surface area contributed by atoms with Gasteiger partial charge in [0, 0.05) is 11.3 Å². The number of nitrogens with zero attached hydrogens (tertiary/aromatic N) is 2. The van der Waals surface area contributed by atoms with Crippen LogP contribution in [0.5, 0.6) is 0 Å². The van der Waals surface area contributed by atoms with Crippen LogP contribution in [0.3, 0.4) is 0 Å². The van der Waals surface area contributed by atoms with Gasteiger partial charge in [0.15, 0.2) is 0 Å². The van der Waals surface area contributed by atoms with Crippen LogP contribution in [0.4, 0.5) is 5.69 Å². The Bertz CT molecular complexity index is 795. The first-order valence-corrected chi connectivity index (χ1v) is 7.67. The van der Waals surface area contributed by atoms with Gasteiger partial charge in [0.25, 0.3) is 5.91 Å². The van der Waals surface area contributed by atoms with Crippen molar-refractivity contribution in [3.8, 4) is 10.4 Å². The second-order valence-corrected chi connectivity index (χ2v) is 5.90. The number of aromatic nitrogens is 2. The Morgan fingerprint density at radius 3 is 2.45 bits per heavy atom. The average Bonchev–Trinajstić information content (AvgIpc) is 3.05. The van der Waals surface area contributed by atoms with Crippen LogP contribution in [-0.2, 0) is 0 Å². The highest BCUT2D eigenvalue weighted by atomic mass is 32.1. The van der Waals surface area contributed by atoms with E-state index in [-0.39, 0.29) is 5.91 Å². The molecule has 0 unspecified atom stereocenters. The van der Waals surface area contributed by atoms with E-state index in [0.29, 0.717) is 5.56 Å². The van der Waals surface area contributed by atoms with Crippen molar-refractivity contribution in [1.82, 2.24) is 9.59 Å². The van der Waals surface area contributed by atoms with Gasteiger partial charge in [-0.05, 0) is 66.3 Å². The van der Waals surface area contributed by atoms with Gasteiger partial charge in [-0.2, -0.15) is 0 Å². The molecule has 1 N–H and O–H groups in total. The maximum atomic E-state index is 12.3. The van der Waals surface area contributed by atoms with E-state index >= 15 is 0 Å². The summed E-state index contributed by atoms with van der Waals surface area (Å²) in [5, 5.41) is 6.73. The quantitative estimate of drug-likeness (QED) is 0.793. The Hall–Kier alpha value is -2.53. The van der Waals surface area contributed by atoms with Crippen LogP contribution in [-0.4, -0.2) is 15.5 Å². The van der Waals surface area contributed by atoms with Crippen molar-refractivity contribution >= 4 is 23.1 Å². The highest BCUT2D eigenvalue weighted by Crippen LogP contribution is 2.23. The minimum Gasteiger partial charge on any atom is -0.322 e. The van der Waals surface area contributed by atoms with Crippen LogP contribution in [0.25, 0.3) is 10.4 Å². The first-order chi connectivity index (χ1) is 10.6. The Morgan fingerprint density at radius 1 is 1.05 bits per heavy atom. The molecule has 1 amide bonds. The summed E-state index contributed by atoms with van der Waals surface area (Å²) < 4.78 is 3.85. The Labute approximate surface area is 133 Å². The minimum atomic E-state index is -0.102. The summed E-state index contributed by atoms with van der Waals surface area (Å²) in [4.78, 5) is 13.3. The van der Waals surface area contributed by atoms with Gasteiger partial charge in [0.05, 0.1) is 11.1 Å². The average molecular weight is 309 g/mol. The summed E-state index contributed by atoms with van der Waals surface area (Å²) in [6, 6.07) is 13.4. The van der Waals surface area contributed by atoms with Gasteiger partial charge in [-0.25, -0.2) is 0 Å². The van der Waals surface area contributed by atoms with Crippen LogP contribution in [0.2, 0.25) is 0 Å². The second-order valence-electron chi connectivity index (χ2n) is 5.11. The SMILES string of the molecule is Cc1ccc(C(=O)Nc2ccc(-c3cnns3)cc2)cc1C.